The lowest BCUT2D eigenvalue weighted by Crippen LogP contribution is -2.36. The maximum Gasteiger partial charge on any atom is 0.416 e. The Morgan fingerprint density at radius 3 is 2.69 bits per heavy atom. The zero-order valence-corrected chi connectivity index (χ0v) is 15.9. The van der Waals surface area contributed by atoms with Gasteiger partial charge in [0.1, 0.15) is 18.3 Å². The van der Waals surface area contributed by atoms with Gasteiger partial charge in [-0.25, -0.2) is 9.97 Å². The number of fused-ring (bicyclic) bond motifs is 1. The van der Waals surface area contributed by atoms with Gasteiger partial charge in [-0.1, -0.05) is 12.1 Å². The summed E-state index contributed by atoms with van der Waals surface area (Å²) in [6.07, 6.45) is 0.246. The molecule has 0 aliphatic carbocycles. The molecule has 1 N–H and O–H groups in total. The Hall–Kier alpha value is -3.21. The highest BCUT2D eigenvalue weighted by atomic mass is 32.1. The highest BCUT2D eigenvalue weighted by molar-refractivity contribution is 7.15. The molecule has 0 radical (unpaired) electrons. The fraction of sp³-hybridized carbons (Fsp3) is 0.222. The molecule has 1 atom stereocenters. The Morgan fingerprint density at radius 1 is 1.28 bits per heavy atom. The van der Waals surface area contributed by atoms with Crippen LogP contribution >= 0.6 is 11.3 Å². The average molecular weight is 420 g/mol. The number of hydrogen-bond acceptors (Lipinski definition) is 5. The molecule has 1 amide bonds. The van der Waals surface area contributed by atoms with Gasteiger partial charge in [-0.3, -0.25) is 13.9 Å². The van der Waals surface area contributed by atoms with Crippen molar-refractivity contribution in [3.05, 3.63) is 59.8 Å². The average Bonchev–Trinajstić information content (AvgIpc) is 3.37. The number of nitrogens with one attached hydrogen (secondary N) is 1. The minimum absolute atomic E-state index is 0.183. The van der Waals surface area contributed by atoms with Crippen LogP contribution in [0.1, 0.15) is 23.0 Å². The zero-order chi connectivity index (χ0) is 20.6. The van der Waals surface area contributed by atoms with Crippen LogP contribution in [0.4, 0.5) is 13.2 Å². The first-order valence-electron chi connectivity index (χ1n) is 8.59. The van der Waals surface area contributed by atoms with E-state index in [0.29, 0.717) is 28.5 Å². The van der Waals surface area contributed by atoms with E-state index in [1.807, 2.05) is 6.92 Å². The van der Waals surface area contributed by atoms with Crippen molar-refractivity contribution in [1.29, 1.82) is 0 Å². The van der Waals surface area contributed by atoms with Crippen molar-refractivity contribution in [2.24, 2.45) is 0 Å². The standard InChI is InChI=1S/C18H15F3N6OS/c1-11(6-26-10-22-9-23-26)24-16(28)15-8-29-17-25-14(7-27(15)17)12-2-4-13(5-3-12)18(19,20)21/h2-5,7-11H,6H2,1H3,(H,24,28)/t11-/m0/s1. The molecule has 0 aliphatic rings. The minimum Gasteiger partial charge on any atom is -0.346 e. The molecule has 1 aromatic carbocycles. The van der Waals surface area contributed by atoms with E-state index in [-0.39, 0.29) is 11.9 Å². The Bertz CT molecular complexity index is 1130. The molecule has 0 saturated heterocycles. The van der Waals surface area contributed by atoms with Crippen LogP contribution < -0.4 is 5.32 Å². The van der Waals surface area contributed by atoms with Crippen molar-refractivity contribution in [2.75, 3.05) is 0 Å². The zero-order valence-electron chi connectivity index (χ0n) is 15.1. The lowest BCUT2D eigenvalue weighted by atomic mass is 10.1. The van der Waals surface area contributed by atoms with E-state index in [1.54, 1.807) is 27.0 Å². The van der Waals surface area contributed by atoms with Gasteiger partial charge in [-0.2, -0.15) is 18.3 Å². The monoisotopic (exact) mass is 420 g/mol. The lowest BCUT2D eigenvalue weighted by Gasteiger charge is -2.13. The third-order valence-electron chi connectivity index (χ3n) is 4.25. The summed E-state index contributed by atoms with van der Waals surface area (Å²) in [5.41, 5.74) is 0.722. The molecule has 3 heterocycles. The van der Waals surface area contributed by atoms with Gasteiger partial charge in [0, 0.05) is 23.2 Å². The number of halogens is 3. The second kappa shape index (κ2) is 7.32. The van der Waals surface area contributed by atoms with Crippen molar-refractivity contribution in [2.45, 2.75) is 25.7 Å². The first-order chi connectivity index (χ1) is 13.8. The number of hydrogen-bond donors (Lipinski definition) is 1. The number of carbonyl (C=O) groups excluding carboxylic acids is 1. The molecule has 29 heavy (non-hydrogen) atoms. The quantitative estimate of drug-likeness (QED) is 0.536. The summed E-state index contributed by atoms with van der Waals surface area (Å²) >= 11 is 1.28. The number of amides is 1. The number of thiazole rings is 1. The molecule has 7 nitrogen and oxygen atoms in total. The summed E-state index contributed by atoms with van der Waals surface area (Å²) in [5.74, 6) is -0.278. The van der Waals surface area contributed by atoms with E-state index in [1.165, 1.54) is 29.8 Å². The summed E-state index contributed by atoms with van der Waals surface area (Å²) in [6.45, 7) is 2.32. The first-order valence-corrected chi connectivity index (χ1v) is 9.47. The number of rotatable bonds is 5. The van der Waals surface area contributed by atoms with Gasteiger partial charge in [0.25, 0.3) is 5.91 Å². The normalized spacial score (nSPS) is 13.0. The molecular formula is C18H15F3N6OS. The van der Waals surface area contributed by atoms with Crippen molar-refractivity contribution in [3.63, 3.8) is 0 Å². The van der Waals surface area contributed by atoms with E-state index in [0.717, 1.165) is 12.1 Å². The predicted octanol–water partition coefficient (Wildman–Crippen LogP) is 3.49. The molecule has 4 aromatic rings. The third kappa shape index (κ3) is 3.99. The Morgan fingerprint density at radius 2 is 2.03 bits per heavy atom. The Kier molecular flexibility index (Phi) is 4.82. The van der Waals surface area contributed by atoms with Crippen LogP contribution in [-0.2, 0) is 12.7 Å². The van der Waals surface area contributed by atoms with Crippen LogP contribution in [0.15, 0.2) is 48.5 Å². The lowest BCUT2D eigenvalue weighted by molar-refractivity contribution is -0.137. The second-order valence-corrected chi connectivity index (χ2v) is 7.30. The van der Waals surface area contributed by atoms with Gasteiger partial charge in [-0.05, 0) is 19.1 Å². The van der Waals surface area contributed by atoms with E-state index < -0.39 is 11.7 Å². The van der Waals surface area contributed by atoms with Crippen molar-refractivity contribution >= 4 is 22.2 Å². The molecule has 0 bridgehead atoms. The maximum atomic E-state index is 12.7. The van der Waals surface area contributed by atoms with Crippen LogP contribution in [0.3, 0.4) is 0 Å². The summed E-state index contributed by atoms with van der Waals surface area (Å²) in [6, 6.07) is 4.59. The maximum absolute atomic E-state index is 12.7. The second-order valence-electron chi connectivity index (χ2n) is 6.47. The summed E-state index contributed by atoms with van der Waals surface area (Å²) in [7, 11) is 0. The first kappa shape index (κ1) is 19.1. The smallest absolute Gasteiger partial charge is 0.346 e. The van der Waals surface area contributed by atoms with E-state index in [4.69, 9.17) is 0 Å². The number of alkyl halides is 3. The highest BCUT2D eigenvalue weighted by Crippen LogP contribution is 2.31. The van der Waals surface area contributed by atoms with Gasteiger partial charge in [-0.15, -0.1) is 11.3 Å². The van der Waals surface area contributed by atoms with Crippen molar-refractivity contribution in [1.82, 2.24) is 29.5 Å². The van der Waals surface area contributed by atoms with Crippen LogP contribution in [0.2, 0.25) is 0 Å². The van der Waals surface area contributed by atoms with E-state index in [9.17, 15) is 18.0 Å². The fourth-order valence-electron chi connectivity index (χ4n) is 2.87. The molecular weight excluding hydrogens is 405 g/mol. The fourth-order valence-corrected chi connectivity index (χ4v) is 3.72. The van der Waals surface area contributed by atoms with Gasteiger partial charge in [0.15, 0.2) is 4.96 Å². The predicted molar refractivity (Wildman–Crippen MR) is 100 cm³/mol. The summed E-state index contributed by atoms with van der Waals surface area (Å²) in [5, 5.41) is 8.59. The molecule has 0 aliphatic heterocycles. The van der Waals surface area contributed by atoms with E-state index in [2.05, 4.69) is 20.4 Å². The van der Waals surface area contributed by atoms with Crippen molar-refractivity contribution < 1.29 is 18.0 Å². The number of nitrogens with zero attached hydrogens (tertiary/aromatic N) is 5. The third-order valence-corrected chi connectivity index (χ3v) is 5.09. The van der Waals surface area contributed by atoms with Gasteiger partial charge in [0.2, 0.25) is 0 Å². The van der Waals surface area contributed by atoms with Crippen molar-refractivity contribution in [3.8, 4) is 11.3 Å². The highest BCUT2D eigenvalue weighted by Gasteiger charge is 2.30. The minimum atomic E-state index is -4.39. The van der Waals surface area contributed by atoms with Crippen LogP contribution in [0, 0.1) is 0 Å². The molecule has 150 valence electrons. The summed E-state index contributed by atoms with van der Waals surface area (Å²) < 4.78 is 41.5. The molecule has 0 unspecified atom stereocenters. The van der Waals surface area contributed by atoms with Gasteiger partial charge in [0.05, 0.1) is 17.8 Å². The van der Waals surface area contributed by atoms with Gasteiger partial charge < -0.3 is 5.32 Å². The SMILES string of the molecule is C[C@@H](Cn1cncn1)NC(=O)c1csc2nc(-c3ccc(C(F)(F)F)cc3)cn12. The topological polar surface area (TPSA) is 77.1 Å². The van der Waals surface area contributed by atoms with Crippen LogP contribution in [-0.4, -0.2) is 36.1 Å². The summed E-state index contributed by atoms with van der Waals surface area (Å²) in [4.78, 5) is 21.5. The molecule has 0 saturated carbocycles. The van der Waals surface area contributed by atoms with Crippen LogP contribution in [0.5, 0.6) is 0 Å². The molecule has 0 fully saturated rings. The Balaban J connectivity index is 1.53. The number of aromatic nitrogens is 5. The number of benzene rings is 1. The largest absolute Gasteiger partial charge is 0.416 e. The number of imidazole rings is 1. The molecule has 11 heteroatoms. The van der Waals surface area contributed by atoms with E-state index >= 15 is 0 Å². The molecule has 3 aromatic heterocycles. The molecule has 4 rings (SSSR count). The van der Waals surface area contributed by atoms with Crippen LogP contribution in [0.25, 0.3) is 16.2 Å². The van der Waals surface area contributed by atoms with Gasteiger partial charge >= 0.3 is 6.18 Å². The Labute approximate surface area is 166 Å². The molecule has 0 spiro atoms. The number of carbonyl (C=O) groups is 1.